The number of hydrogen-bond acceptors (Lipinski definition) is 6. The summed E-state index contributed by atoms with van der Waals surface area (Å²) < 4.78 is 10.7. The summed E-state index contributed by atoms with van der Waals surface area (Å²) in [6.45, 7) is 0.425. The zero-order valence-electron chi connectivity index (χ0n) is 18.3. The van der Waals surface area contributed by atoms with Crippen LogP contribution in [0.5, 0.6) is 5.75 Å². The third-order valence-corrected chi connectivity index (χ3v) is 5.97. The van der Waals surface area contributed by atoms with Crippen LogP contribution in [0.2, 0.25) is 0 Å². The number of Topliss-reactive ketones (excluding diaryl/α,β-unsaturated/α-hetero) is 1. The Hall–Kier alpha value is -3.93. The first-order valence-electron chi connectivity index (χ1n) is 10.8. The van der Waals surface area contributed by atoms with Crippen LogP contribution in [0, 0.1) is 5.41 Å². The van der Waals surface area contributed by atoms with Crippen molar-refractivity contribution in [1.29, 1.82) is 0 Å². The van der Waals surface area contributed by atoms with Crippen molar-refractivity contribution in [2.45, 2.75) is 25.4 Å². The molecule has 3 aromatic rings. The molecule has 1 N–H and O–H groups in total. The van der Waals surface area contributed by atoms with Gasteiger partial charge in [0.05, 0.1) is 13.0 Å². The Kier molecular flexibility index (Phi) is 6.54. The van der Waals surface area contributed by atoms with E-state index in [-0.39, 0.29) is 11.5 Å². The van der Waals surface area contributed by atoms with Crippen molar-refractivity contribution in [2.24, 2.45) is 10.6 Å². The van der Waals surface area contributed by atoms with Crippen LogP contribution in [0.4, 0.5) is 0 Å². The third-order valence-electron chi connectivity index (χ3n) is 5.97. The van der Waals surface area contributed by atoms with Gasteiger partial charge in [0.15, 0.2) is 5.78 Å². The summed E-state index contributed by atoms with van der Waals surface area (Å²) in [6, 6.07) is 25.9. The molecule has 6 heteroatoms. The normalized spacial score (nSPS) is 15.4. The lowest BCUT2D eigenvalue weighted by molar-refractivity contribution is -0.151. The number of ether oxygens (including phenoxy) is 2. The molecule has 0 aromatic heterocycles. The van der Waals surface area contributed by atoms with Crippen molar-refractivity contribution >= 4 is 17.5 Å². The van der Waals surface area contributed by atoms with Crippen molar-refractivity contribution in [2.75, 3.05) is 7.11 Å². The van der Waals surface area contributed by atoms with Gasteiger partial charge >= 0.3 is 5.97 Å². The van der Waals surface area contributed by atoms with Crippen LogP contribution in [0.3, 0.4) is 0 Å². The van der Waals surface area contributed by atoms with E-state index in [4.69, 9.17) is 9.47 Å². The molecule has 0 spiro atoms. The van der Waals surface area contributed by atoms with Crippen LogP contribution < -0.4 is 4.74 Å². The second kappa shape index (κ2) is 9.69. The van der Waals surface area contributed by atoms with Gasteiger partial charge in [-0.1, -0.05) is 65.8 Å². The highest BCUT2D eigenvalue weighted by Crippen LogP contribution is 2.51. The topological polar surface area (TPSA) is 85.2 Å². The number of rotatable bonds is 9. The molecule has 168 valence electrons. The minimum atomic E-state index is -1.19. The van der Waals surface area contributed by atoms with Crippen LogP contribution in [0.1, 0.15) is 35.4 Å². The molecule has 1 aliphatic rings. The van der Waals surface area contributed by atoms with Gasteiger partial charge in [0, 0.05) is 5.56 Å². The number of ketones is 1. The molecule has 33 heavy (non-hydrogen) atoms. The first-order valence-corrected chi connectivity index (χ1v) is 10.8. The quantitative estimate of drug-likeness (QED) is 0.170. The first kappa shape index (κ1) is 22.3. The SMILES string of the molecule is COC(=O)C1(C(=O)C(/C(=N/O)c2ccc(OCc3ccccc3)cc2)c2ccccc2)CC1. The van der Waals surface area contributed by atoms with Gasteiger partial charge in [-0.25, -0.2) is 0 Å². The Balaban J connectivity index is 1.61. The van der Waals surface area contributed by atoms with Gasteiger partial charge in [-0.2, -0.15) is 0 Å². The lowest BCUT2D eigenvalue weighted by Crippen LogP contribution is -2.35. The standard InChI is InChI=1S/C27H25NO5/c1-32-26(30)27(16-17-27)25(29)23(20-10-6-3-7-11-20)24(28-31)21-12-14-22(15-13-21)33-18-19-8-4-2-5-9-19/h2-15,23,31H,16-18H2,1H3/b28-24+. The number of hydrogen-bond donors (Lipinski definition) is 1. The second-order valence-corrected chi connectivity index (χ2v) is 8.07. The molecule has 0 radical (unpaired) electrons. The van der Waals surface area contributed by atoms with E-state index in [9.17, 15) is 14.8 Å². The summed E-state index contributed by atoms with van der Waals surface area (Å²) in [5.74, 6) is -1.13. The summed E-state index contributed by atoms with van der Waals surface area (Å²) in [5, 5.41) is 13.5. The molecule has 0 bridgehead atoms. The Labute approximate surface area is 192 Å². The number of oxime groups is 1. The van der Waals surface area contributed by atoms with Crippen molar-refractivity contribution in [3.05, 3.63) is 102 Å². The molecule has 0 amide bonds. The Bertz CT molecular complexity index is 1140. The smallest absolute Gasteiger partial charge is 0.319 e. The molecule has 3 aromatic carbocycles. The molecule has 0 heterocycles. The summed E-state index contributed by atoms with van der Waals surface area (Å²) >= 11 is 0. The van der Waals surface area contributed by atoms with Gasteiger partial charge in [-0.05, 0) is 48.2 Å². The fraction of sp³-hybridized carbons (Fsp3) is 0.222. The fourth-order valence-electron chi connectivity index (χ4n) is 3.97. The molecule has 6 nitrogen and oxygen atoms in total. The zero-order valence-corrected chi connectivity index (χ0v) is 18.3. The van der Waals surface area contributed by atoms with Crippen LogP contribution in [-0.2, 0) is 20.9 Å². The summed E-state index contributed by atoms with van der Waals surface area (Å²) in [4.78, 5) is 26.0. The van der Waals surface area contributed by atoms with Gasteiger partial charge in [0.1, 0.15) is 23.5 Å². The predicted octanol–water partition coefficient (Wildman–Crippen LogP) is 4.75. The summed E-state index contributed by atoms with van der Waals surface area (Å²) in [7, 11) is 1.28. The minimum absolute atomic E-state index is 0.177. The number of benzene rings is 3. The number of carbonyl (C=O) groups excluding carboxylic acids is 2. The lowest BCUT2D eigenvalue weighted by atomic mass is 9.80. The highest BCUT2D eigenvalue weighted by atomic mass is 16.5. The monoisotopic (exact) mass is 443 g/mol. The van der Waals surface area contributed by atoms with E-state index in [1.54, 1.807) is 36.4 Å². The maximum Gasteiger partial charge on any atom is 0.319 e. The number of methoxy groups -OCH3 is 1. The Morgan fingerprint density at radius 3 is 2.09 bits per heavy atom. The van der Waals surface area contributed by atoms with Gasteiger partial charge in [-0.3, -0.25) is 9.59 Å². The molecule has 1 saturated carbocycles. The maximum atomic E-state index is 13.6. The molecule has 1 unspecified atom stereocenters. The highest BCUT2D eigenvalue weighted by molar-refractivity contribution is 6.23. The molecule has 1 fully saturated rings. The van der Waals surface area contributed by atoms with E-state index >= 15 is 0 Å². The molecule has 0 aliphatic heterocycles. The maximum absolute atomic E-state index is 13.6. The average molecular weight is 443 g/mol. The summed E-state index contributed by atoms with van der Waals surface area (Å²) in [6.07, 6.45) is 0.847. The average Bonchev–Trinajstić information content (AvgIpc) is 3.69. The van der Waals surface area contributed by atoms with E-state index in [1.165, 1.54) is 7.11 Å². The fourth-order valence-corrected chi connectivity index (χ4v) is 3.97. The van der Waals surface area contributed by atoms with E-state index in [2.05, 4.69) is 5.16 Å². The largest absolute Gasteiger partial charge is 0.489 e. The Morgan fingerprint density at radius 2 is 1.55 bits per heavy atom. The van der Waals surface area contributed by atoms with Crippen molar-refractivity contribution in [3.8, 4) is 5.75 Å². The number of esters is 1. The third kappa shape index (κ3) is 4.65. The van der Waals surface area contributed by atoms with E-state index in [0.29, 0.717) is 36.3 Å². The Morgan fingerprint density at radius 1 is 0.939 bits per heavy atom. The van der Waals surface area contributed by atoms with Gasteiger partial charge < -0.3 is 14.7 Å². The molecule has 0 saturated heterocycles. The molecule has 4 rings (SSSR count). The van der Waals surface area contributed by atoms with Crippen LogP contribution in [0.15, 0.2) is 90.1 Å². The molecular formula is C27H25NO5. The first-order chi connectivity index (χ1) is 16.1. The highest BCUT2D eigenvalue weighted by Gasteiger charge is 2.60. The van der Waals surface area contributed by atoms with Gasteiger partial charge in [0.25, 0.3) is 0 Å². The van der Waals surface area contributed by atoms with E-state index < -0.39 is 17.3 Å². The minimum Gasteiger partial charge on any atom is -0.489 e. The summed E-state index contributed by atoms with van der Waals surface area (Å²) in [5.41, 5.74) is 1.24. The molecule has 1 atom stereocenters. The second-order valence-electron chi connectivity index (χ2n) is 8.07. The van der Waals surface area contributed by atoms with Crippen molar-refractivity contribution in [1.82, 2.24) is 0 Å². The van der Waals surface area contributed by atoms with Crippen LogP contribution in [-0.4, -0.2) is 29.8 Å². The van der Waals surface area contributed by atoms with Crippen LogP contribution >= 0.6 is 0 Å². The zero-order chi connectivity index (χ0) is 23.3. The lowest BCUT2D eigenvalue weighted by Gasteiger charge is -2.22. The van der Waals surface area contributed by atoms with Crippen molar-refractivity contribution < 1.29 is 24.3 Å². The van der Waals surface area contributed by atoms with Crippen molar-refractivity contribution in [3.63, 3.8) is 0 Å². The number of carbonyl (C=O) groups is 2. The van der Waals surface area contributed by atoms with Gasteiger partial charge in [-0.15, -0.1) is 0 Å². The van der Waals surface area contributed by atoms with E-state index in [0.717, 1.165) is 5.56 Å². The van der Waals surface area contributed by atoms with Gasteiger partial charge in [0.2, 0.25) is 0 Å². The predicted molar refractivity (Wildman–Crippen MR) is 123 cm³/mol. The van der Waals surface area contributed by atoms with E-state index in [1.807, 2.05) is 48.5 Å². The molecular weight excluding hydrogens is 418 g/mol. The molecule has 1 aliphatic carbocycles. The van der Waals surface area contributed by atoms with Crippen LogP contribution in [0.25, 0.3) is 0 Å². The number of nitrogens with zero attached hydrogens (tertiary/aromatic N) is 1.